The fourth-order valence-electron chi connectivity index (χ4n) is 5.79. The zero-order chi connectivity index (χ0) is 25.6. The quantitative estimate of drug-likeness (QED) is 0.180. The van der Waals surface area contributed by atoms with Gasteiger partial charge in [-0.25, -0.2) is 0 Å². The third-order valence-corrected chi connectivity index (χ3v) is 7.42. The van der Waals surface area contributed by atoms with E-state index >= 15 is 0 Å². The van der Waals surface area contributed by atoms with Crippen LogP contribution in [0.1, 0.15) is 5.56 Å². The van der Waals surface area contributed by atoms with Crippen molar-refractivity contribution in [2.75, 3.05) is 0 Å². The SMILES string of the molecule is Cc1ccc2c(=O)n3c(-c4ccccc4)c(-c4ccccc4)c4ccccc4c3c(-c3ccccc3)c2c1. The number of rotatable bonds is 3. The number of aromatic nitrogens is 1. The van der Waals surface area contributed by atoms with Crippen LogP contribution in [-0.4, -0.2) is 4.40 Å². The van der Waals surface area contributed by atoms with Crippen molar-refractivity contribution in [3.05, 3.63) is 149 Å². The molecule has 0 spiro atoms. The second-order valence-electron chi connectivity index (χ2n) is 9.78. The lowest BCUT2D eigenvalue weighted by molar-refractivity contribution is 1.14. The Labute approximate surface area is 221 Å². The van der Waals surface area contributed by atoms with Crippen LogP contribution in [0.25, 0.3) is 60.6 Å². The van der Waals surface area contributed by atoms with Crippen molar-refractivity contribution in [2.24, 2.45) is 0 Å². The second kappa shape index (κ2) is 8.86. The van der Waals surface area contributed by atoms with E-state index in [1.54, 1.807) is 0 Å². The van der Waals surface area contributed by atoms with E-state index in [9.17, 15) is 4.79 Å². The molecule has 0 saturated heterocycles. The van der Waals surface area contributed by atoms with Gasteiger partial charge in [0.05, 0.1) is 11.2 Å². The molecule has 5 aromatic carbocycles. The summed E-state index contributed by atoms with van der Waals surface area (Å²) in [5, 5.41) is 3.89. The zero-order valence-electron chi connectivity index (χ0n) is 21.1. The average molecular weight is 488 g/mol. The lowest BCUT2D eigenvalue weighted by Crippen LogP contribution is -2.18. The molecule has 2 heterocycles. The predicted octanol–water partition coefficient (Wildman–Crippen LogP) is 8.92. The lowest BCUT2D eigenvalue weighted by Gasteiger charge is -2.22. The number of fused-ring (bicyclic) bond motifs is 4. The Bertz CT molecular complexity index is 2020. The van der Waals surface area contributed by atoms with E-state index in [0.717, 1.165) is 66.1 Å². The number of hydrogen-bond acceptors (Lipinski definition) is 1. The van der Waals surface area contributed by atoms with Gasteiger partial charge < -0.3 is 0 Å². The fourth-order valence-corrected chi connectivity index (χ4v) is 5.79. The van der Waals surface area contributed by atoms with E-state index in [4.69, 9.17) is 0 Å². The van der Waals surface area contributed by atoms with Gasteiger partial charge in [-0.1, -0.05) is 133 Å². The number of benzene rings is 5. The van der Waals surface area contributed by atoms with Gasteiger partial charge in [-0.3, -0.25) is 9.20 Å². The van der Waals surface area contributed by atoms with Crippen LogP contribution >= 0.6 is 0 Å². The van der Waals surface area contributed by atoms with Crippen molar-refractivity contribution in [2.45, 2.75) is 6.92 Å². The molecule has 7 rings (SSSR count). The molecule has 0 N–H and O–H groups in total. The first kappa shape index (κ1) is 22.3. The molecule has 0 atom stereocenters. The Balaban J connectivity index is 1.86. The minimum atomic E-state index is -0.00327. The first-order chi connectivity index (χ1) is 18.7. The summed E-state index contributed by atoms with van der Waals surface area (Å²) >= 11 is 0. The summed E-state index contributed by atoms with van der Waals surface area (Å²) in [6.07, 6.45) is 0. The van der Waals surface area contributed by atoms with Gasteiger partial charge in [-0.05, 0) is 40.5 Å². The first-order valence-corrected chi connectivity index (χ1v) is 12.9. The number of aryl methyl sites for hydroxylation is 1. The van der Waals surface area contributed by atoms with Gasteiger partial charge in [0.25, 0.3) is 5.56 Å². The summed E-state index contributed by atoms with van der Waals surface area (Å²) in [6.45, 7) is 2.09. The monoisotopic (exact) mass is 487 g/mol. The van der Waals surface area contributed by atoms with Gasteiger partial charge in [-0.2, -0.15) is 0 Å². The molecule has 7 aromatic rings. The molecule has 2 heteroatoms. The van der Waals surface area contributed by atoms with Gasteiger partial charge in [0.2, 0.25) is 0 Å². The number of pyridine rings is 2. The second-order valence-corrected chi connectivity index (χ2v) is 9.78. The molecule has 0 radical (unpaired) electrons. The molecular formula is C36H25NO. The zero-order valence-corrected chi connectivity index (χ0v) is 21.1. The van der Waals surface area contributed by atoms with E-state index < -0.39 is 0 Å². The van der Waals surface area contributed by atoms with E-state index in [-0.39, 0.29) is 5.56 Å². The van der Waals surface area contributed by atoms with Crippen LogP contribution in [0, 0.1) is 6.92 Å². The minimum absolute atomic E-state index is 0.00327. The van der Waals surface area contributed by atoms with Gasteiger partial charge in [0.15, 0.2) is 0 Å². The highest BCUT2D eigenvalue weighted by Gasteiger charge is 2.23. The summed E-state index contributed by atoms with van der Waals surface area (Å²) in [5.41, 5.74) is 8.31. The standard InChI is InChI=1S/C36H25NO/c1-24-21-22-30-31(23-24)33(26-15-7-3-8-16-26)35-29-20-12-11-19-28(29)32(25-13-5-2-6-14-25)34(37(35)36(30)38)27-17-9-4-10-18-27/h2-23H,1H3. The number of nitrogens with zero attached hydrogens (tertiary/aromatic N) is 1. The summed E-state index contributed by atoms with van der Waals surface area (Å²) in [6, 6.07) is 45.8. The first-order valence-electron chi connectivity index (χ1n) is 12.9. The smallest absolute Gasteiger partial charge is 0.263 e. The van der Waals surface area contributed by atoms with Crippen LogP contribution in [-0.2, 0) is 0 Å². The maximum absolute atomic E-state index is 14.6. The molecule has 2 aromatic heterocycles. The van der Waals surface area contributed by atoms with Crippen LogP contribution in [0.5, 0.6) is 0 Å². The molecule has 38 heavy (non-hydrogen) atoms. The molecule has 0 unspecified atom stereocenters. The largest absolute Gasteiger partial charge is 0.274 e. The maximum atomic E-state index is 14.6. The maximum Gasteiger partial charge on any atom is 0.263 e. The van der Waals surface area contributed by atoms with Crippen molar-refractivity contribution in [3.63, 3.8) is 0 Å². The lowest BCUT2D eigenvalue weighted by atomic mass is 9.89. The highest BCUT2D eigenvalue weighted by atomic mass is 16.1. The summed E-state index contributed by atoms with van der Waals surface area (Å²) in [4.78, 5) is 14.6. The van der Waals surface area contributed by atoms with Crippen LogP contribution in [0.4, 0.5) is 0 Å². The average Bonchev–Trinajstić information content (AvgIpc) is 2.98. The van der Waals surface area contributed by atoms with Gasteiger partial charge >= 0.3 is 0 Å². The Hall–Kier alpha value is -4.95. The normalized spacial score (nSPS) is 11.4. The molecule has 0 amide bonds. The van der Waals surface area contributed by atoms with E-state index in [0.29, 0.717) is 0 Å². The number of hydrogen-bond donors (Lipinski definition) is 0. The van der Waals surface area contributed by atoms with Crippen LogP contribution in [0.2, 0.25) is 0 Å². The minimum Gasteiger partial charge on any atom is -0.274 e. The highest BCUT2D eigenvalue weighted by Crippen LogP contribution is 2.43. The fraction of sp³-hybridized carbons (Fsp3) is 0.0278. The summed E-state index contributed by atoms with van der Waals surface area (Å²) < 4.78 is 1.97. The van der Waals surface area contributed by atoms with Crippen LogP contribution < -0.4 is 5.56 Å². The van der Waals surface area contributed by atoms with Crippen molar-refractivity contribution < 1.29 is 0 Å². The molecule has 0 aliphatic heterocycles. The predicted molar refractivity (Wildman–Crippen MR) is 160 cm³/mol. The molecule has 2 nitrogen and oxygen atoms in total. The molecule has 0 fully saturated rings. The Morgan fingerprint density at radius 1 is 0.474 bits per heavy atom. The van der Waals surface area contributed by atoms with Crippen molar-refractivity contribution >= 4 is 27.1 Å². The van der Waals surface area contributed by atoms with Crippen molar-refractivity contribution in [1.29, 1.82) is 0 Å². The molecule has 0 bridgehead atoms. The third kappa shape index (κ3) is 3.38. The van der Waals surface area contributed by atoms with Crippen molar-refractivity contribution in [1.82, 2.24) is 4.40 Å². The third-order valence-electron chi connectivity index (χ3n) is 7.42. The van der Waals surface area contributed by atoms with Crippen LogP contribution in [0.3, 0.4) is 0 Å². The van der Waals surface area contributed by atoms with Gasteiger partial charge in [0.1, 0.15) is 0 Å². The van der Waals surface area contributed by atoms with E-state index in [2.05, 4.69) is 97.9 Å². The Kier molecular flexibility index (Phi) is 5.19. The van der Waals surface area contributed by atoms with E-state index in [1.165, 1.54) is 0 Å². The Morgan fingerprint density at radius 2 is 1.00 bits per heavy atom. The molecule has 180 valence electrons. The van der Waals surface area contributed by atoms with Gasteiger partial charge in [0, 0.05) is 21.9 Å². The van der Waals surface area contributed by atoms with Crippen LogP contribution in [0.15, 0.2) is 138 Å². The van der Waals surface area contributed by atoms with Gasteiger partial charge in [-0.15, -0.1) is 0 Å². The molecule has 0 saturated carbocycles. The molecular weight excluding hydrogens is 462 g/mol. The highest BCUT2D eigenvalue weighted by molar-refractivity contribution is 6.17. The summed E-state index contributed by atoms with van der Waals surface area (Å²) in [7, 11) is 0. The summed E-state index contributed by atoms with van der Waals surface area (Å²) in [5.74, 6) is 0. The molecule has 0 aliphatic rings. The Morgan fingerprint density at radius 3 is 1.63 bits per heavy atom. The molecule has 0 aliphatic carbocycles. The topological polar surface area (TPSA) is 21.5 Å². The van der Waals surface area contributed by atoms with Crippen molar-refractivity contribution in [3.8, 4) is 33.5 Å². The van der Waals surface area contributed by atoms with E-state index in [1.807, 2.05) is 46.9 Å².